The van der Waals surface area contributed by atoms with E-state index in [9.17, 15) is 9.32 Å². The van der Waals surface area contributed by atoms with E-state index in [2.05, 4.69) is 29.3 Å². The molecule has 1 aromatic heterocycles. The van der Waals surface area contributed by atoms with E-state index < -0.39 is 10.8 Å². The molecule has 0 amide bonds. The SMILES string of the molecule is CC1=C(c2ccc(Cl)cc2)CCN(c2nc3c(c(NC4(CO)CCC4)n2)[S@@](=O)CCC3)C1. The molecule has 3 heterocycles. The number of halogens is 1. The fourth-order valence-electron chi connectivity index (χ4n) is 4.90. The van der Waals surface area contributed by atoms with Crippen LogP contribution in [0.2, 0.25) is 5.02 Å². The number of nitrogens with one attached hydrogen (secondary N) is 1. The minimum absolute atomic E-state index is 0.0593. The van der Waals surface area contributed by atoms with Crippen molar-refractivity contribution in [2.75, 3.05) is 35.7 Å². The molecule has 32 heavy (non-hydrogen) atoms. The van der Waals surface area contributed by atoms with E-state index >= 15 is 0 Å². The van der Waals surface area contributed by atoms with Gasteiger partial charge in [0.1, 0.15) is 10.7 Å². The first kappa shape index (κ1) is 21.9. The van der Waals surface area contributed by atoms with Crippen molar-refractivity contribution >= 4 is 39.7 Å². The predicted molar refractivity (Wildman–Crippen MR) is 130 cm³/mol. The first-order valence-electron chi connectivity index (χ1n) is 11.4. The molecule has 8 heteroatoms. The molecular formula is C24H29ClN4O2S. The molecule has 6 nitrogen and oxygen atoms in total. The quantitative estimate of drug-likeness (QED) is 0.679. The molecule has 2 aliphatic heterocycles. The molecule has 3 aliphatic rings. The number of aromatic nitrogens is 2. The Hall–Kier alpha value is -1.96. The highest BCUT2D eigenvalue weighted by molar-refractivity contribution is 7.85. The van der Waals surface area contributed by atoms with Crippen molar-refractivity contribution < 1.29 is 9.32 Å². The van der Waals surface area contributed by atoms with Crippen molar-refractivity contribution in [3.63, 3.8) is 0 Å². The van der Waals surface area contributed by atoms with Gasteiger partial charge in [0.05, 0.1) is 28.6 Å². The number of rotatable bonds is 5. The van der Waals surface area contributed by atoms with Gasteiger partial charge in [-0.2, -0.15) is 4.98 Å². The minimum Gasteiger partial charge on any atom is -0.394 e. The smallest absolute Gasteiger partial charge is 0.227 e. The van der Waals surface area contributed by atoms with Gasteiger partial charge in [0.25, 0.3) is 0 Å². The number of hydrogen-bond acceptors (Lipinski definition) is 6. The van der Waals surface area contributed by atoms with Crippen LogP contribution >= 0.6 is 11.6 Å². The Morgan fingerprint density at radius 1 is 1.19 bits per heavy atom. The third-order valence-electron chi connectivity index (χ3n) is 6.94. The third kappa shape index (κ3) is 4.06. The summed E-state index contributed by atoms with van der Waals surface area (Å²) in [6.45, 7) is 3.80. The Labute approximate surface area is 196 Å². The van der Waals surface area contributed by atoms with Crippen LogP contribution in [0.25, 0.3) is 5.57 Å². The molecule has 1 atom stereocenters. The normalized spacial score (nSPS) is 22.3. The van der Waals surface area contributed by atoms with E-state index in [0.29, 0.717) is 17.5 Å². The van der Waals surface area contributed by atoms with Crippen LogP contribution in [0.15, 0.2) is 34.7 Å². The minimum atomic E-state index is -1.10. The molecule has 5 rings (SSSR count). The van der Waals surface area contributed by atoms with Crippen molar-refractivity contribution in [3.05, 3.63) is 46.1 Å². The van der Waals surface area contributed by atoms with Crippen LogP contribution in [0.4, 0.5) is 11.8 Å². The average molecular weight is 473 g/mol. The largest absolute Gasteiger partial charge is 0.394 e. The molecule has 0 unspecified atom stereocenters. The van der Waals surface area contributed by atoms with Gasteiger partial charge in [0.15, 0.2) is 0 Å². The molecule has 2 aromatic rings. The van der Waals surface area contributed by atoms with Crippen LogP contribution in [-0.2, 0) is 17.2 Å². The van der Waals surface area contributed by atoms with Gasteiger partial charge in [-0.25, -0.2) is 4.98 Å². The first-order valence-corrected chi connectivity index (χ1v) is 13.1. The van der Waals surface area contributed by atoms with E-state index in [1.807, 2.05) is 12.1 Å². The predicted octanol–water partition coefficient (Wildman–Crippen LogP) is 4.19. The van der Waals surface area contributed by atoms with E-state index in [-0.39, 0.29) is 12.1 Å². The molecule has 170 valence electrons. The lowest BCUT2D eigenvalue weighted by Gasteiger charge is -2.42. The fourth-order valence-corrected chi connectivity index (χ4v) is 6.36. The van der Waals surface area contributed by atoms with Crippen LogP contribution in [0.3, 0.4) is 0 Å². The van der Waals surface area contributed by atoms with Gasteiger partial charge in [0, 0.05) is 23.9 Å². The molecule has 1 fully saturated rings. The van der Waals surface area contributed by atoms with E-state index in [1.54, 1.807) is 0 Å². The third-order valence-corrected chi connectivity index (χ3v) is 8.74. The van der Waals surface area contributed by atoms with Crippen LogP contribution < -0.4 is 10.2 Å². The molecule has 1 saturated carbocycles. The summed E-state index contributed by atoms with van der Waals surface area (Å²) in [5, 5.41) is 14.2. The van der Waals surface area contributed by atoms with Gasteiger partial charge < -0.3 is 15.3 Å². The highest BCUT2D eigenvalue weighted by Crippen LogP contribution is 2.38. The summed E-state index contributed by atoms with van der Waals surface area (Å²) in [7, 11) is -1.10. The highest BCUT2D eigenvalue weighted by Gasteiger charge is 2.38. The van der Waals surface area contributed by atoms with Crippen LogP contribution in [0.1, 0.15) is 50.3 Å². The summed E-state index contributed by atoms with van der Waals surface area (Å²) in [6, 6.07) is 8.03. The molecule has 2 N–H and O–H groups in total. The van der Waals surface area contributed by atoms with Crippen LogP contribution in [-0.4, -0.2) is 50.3 Å². The second-order valence-corrected chi connectivity index (χ2v) is 11.1. The number of benzene rings is 1. The van der Waals surface area contributed by atoms with Gasteiger partial charge in [-0.1, -0.05) is 29.3 Å². The lowest BCUT2D eigenvalue weighted by Crippen LogP contribution is -2.49. The van der Waals surface area contributed by atoms with E-state index in [0.717, 1.165) is 67.2 Å². The molecule has 0 radical (unpaired) electrons. The van der Waals surface area contributed by atoms with Gasteiger partial charge >= 0.3 is 0 Å². The number of aryl methyl sites for hydroxylation is 1. The summed E-state index contributed by atoms with van der Waals surface area (Å²) >= 11 is 6.06. The number of anilines is 2. The van der Waals surface area contributed by atoms with Crippen molar-refractivity contribution in [1.82, 2.24) is 9.97 Å². The number of aliphatic hydroxyl groups is 1. The van der Waals surface area contributed by atoms with Gasteiger partial charge in [-0.15, -0.1) is 0 Å². The first-order chi connectivity index (χ1) is 15.5. The maximum Gasteiger partial charge on any atom is 0.227 e. The average Bonchev–Trinajstić information content (AvgIpc) is 2.77. The molecular weight excluding hydrogens is 444 g/mol. The van der Waals surface area contributed by atoms with Crippen LogP contribution in [0.5, 0.6) is 0 Å². The zero-order chi connectivity index (χ0) is 22.3. The number of fused-ring (bicyclic) bond motifs is 1. The van der Waals surface area contributed by atoms with E-state index in [4.69, 9.17) is 21.6 Å². The summed E-state index contributed by atoms with van der Waals surface area (Å²) < 4.78 is 12.8. The second kappa shape index (κ2) is 8.76. The molecule has 0 spiro atoms. The Kier molecular flexibility index (Phi) is 5.99. The lowest BCUT2D eigenvalue weighted by atomic mass is 9.77. The summed E-state index contributed by atoms with van der Waals surface area (Å²) in [4.78, 5) is 12.7. The van der Waals surface area contributed by atoms with Crippen molar-refractivity contribution in [1.29, 1.82) is 0 Å². The standard InChI is InChI=1S/C24H29ClN4O2S/c1-16-14-29(12-9-19(16)17-5-7-18(25)8-6-17)23-26-20-4-2-13-32(31)21(20)22(27-23)28-24(15-30)10-3-11-24/h5-8,30H,2-4,9-15H2,1H3,(H,26,27,28)/t32-/m0/s1. The number of aliphatic hydroxyl groups excluding tert-OH is 1. The Bertz CT molecular complexity index is 1080. The topological polar surface area (TPSA) is 78.3 Å². The Morgan fingerprint density at radius 2 is 1.97 bits per heavy atom. The molecule has 0 saturated heterocycles. The summed E-state index contributed by atoms with van der Waals surface area (Å²) in [5.74, 6) is 1.99. The zero-order valence-corrected chi connectivity index (χ0v) is 19.9. The number of hydrogen-bond donors (Lipinski definition) is 2. The van der Waals surface area contributed by atoms with Gasteiger partial charge in [-0.05, 0) is 68.7 Å². The van der Waals surface area contributed by atoms with Crippen molar-refractivity contribution in [3.8, 4) is 0 Å². The zero-order valence-electron chi connectivity index (χ0n) is 18.4. The van der Waals surface area contributed by atoms with Crippen molar-refractivity contribution in [2.24, 2.45) is 0 Å². The second-order valence-electron chi connectivity index (χ2n) is 9.16. The maximum absolute atomic E-state index is 12.8. The van der Waals surface area contributed by atoms with Crippen molar-refractivity contribution in [2.45, 2.75) is 55.9 Å². The van der Waals surface area contributed by atoms with E-state index in [1.165, 1.54) is 16.7 Å². The van der Waals surface area contributed by atoms with Gasteiger partial charge in [-0.3, -0.25) is 4.21 Å². The van der Waals surface area contributed by atoms with Crippen LogP contribution in [0, 0.1) is 0 Å². The highest BCUT2D eigenvalue weighted by atomic mass is 35.5. The van der Waals surface area contributed by atoms with Gasteiger partial charge in [0.2, 0.25) is 5.95 Å². The Balaban J connectivity index is 1.47. The molecule has 0 bridgehead atoms. The summed E-state index contributed by atoms with van der Waals surface area (Å²) in [6.07, 6.45) is 5.49. The molecule has 1 aliphatic carbocycles. The fraction of sp³-hybridized carbons (Fsp3) is 0.500. The maximum atomic E-state index is 12.8. The summed E-state index contributed by atoms with van der Waals surface area (Å²) in [5.41, 5.74) is 4.40. The number of nitrogens with zero attached hydrogens (tertiary/aromatic N) is 3. The Morgan fingerprint density at radius 3 is 2.62 bits per heavy atom. The monoisotopic (exact) mass is 472 g/mol. The lowest BCUT2D eigenvalue weighted by molar-refractivity contribution is 0.143. The molecule has 1 aromatic carbocycles.